The molecule has 2 atom stereocenters. The van der Waals surface area contributed by atoms with Gasteiger partial charge in [0.25, 0.3) is 0 Å². The van der Waals surface area contributed by atoms with Crippen LogP contribution in [0.1, 0.15) is 31.0 Å². The van der Waals surface area contributed by atoms with E-state index in [1.54, 1.807) is 4.90 Å². The normalized spacial score (nSPS) is 25.7. The molecule has 0 aromatic carbocycles. The van der Waals surface area contributed by atoms with E-state index in [1.165, 1.54) is 5.56 Å². The fourth-order valence-corrected chi connectivity index (χ4v) is 2.03. The van der Waals surface area contributed by atoms with Crippen molar-refractivity contribution in [2.75, 3.05) is 13.1 Å². The molecule has 0 spiro atoms. The zero-order valence-electron chi connectivity index (χ0n) is 10.2. The third-order valence-electron chi connectivity index (χ3n) is 3.16. The van der Waals surface area contributed by atoms with Gasteiger partial charge in [0.1, 0.15) is 12.3 Å². The maximum absolute atomic E-state index is 13.0. The molecule has 2 heterocycles. The molecule has 1 aromatic heterocycles. The van der Waals surface area contributed by atoms with Crippen molar-refractivity contribution in [3.63, 3.8) is 0 Å². The predicted molar refractivity (Wildman–Crippen MR) is 63.4 cm³/mol. The second-order valence-corrected chi connectivity index (χ2v) is 4.96. The first-order valence-corrected chi connectivity index (χ1v) is 6.01. The van der Waals surface area contributed by atoms with Gasteiger partial charge in [-0.15, -0.1) is 0 Å². The average molecular weight is 240 g/mol. The van der Waals surface area contributed by atoms with Crippen LogP contribution in [0.15, 0.2) is 18.3 Å². The first-order chi connectivity index (χ1) is 8.06. The Labute approximate surface area is 101 Å². The standard InChI is InChI=1S/C13H18F2N2/c1-9(2)10-3-4-11(16-5-10)6-17-7-12(14)13(15)8-17/h3-5,9,12-13H,6-8H2,1-2H3. The molecule has 1 fully saturated rings. The molecule has 0 radical (unpaired) electrons. The van der Waals surface area contributed by atoms with Crippen LogP contribution < -0.4 is 0 Å². The smallest absolute Gasteiger partial charge is 0.145 e. The summed E-state index contributed by atoms with van der Waals surface area (Å²) >= 11 is 0. The largest absolute Gasteiger partial charge is 0.292 e. The topological polar surface area (TPSA) is 16.1 Å². The van der Waals surface area contributed by atoms with E-state index in [4.69, 9.17) is 0 Å². The van der Waals surface area contributed by atoms with E-state index in [-0.39, 0.29) is 13.1 Å². The molecule has 0 aliphatic carbocycles. The van der Waals surface area contributed by atoms with Crippen molar-refractivity contribution in [3.05, 3.63) is 29.6 Å². The number of hydrogen-bond donors (Lipinski definition) is 0. The molecule has 0 amide bonds. The average Bonchev–Trinajstić information content (AvgIpc) is 2.58. The number of rotatable bonds is 3. The molecule has 2 nitrogen and oxygen atoms in total. The Balaban J connectivity index is 1.95. The van der Waals surface area contributed by atoms with Crippen LogP contribution in [0, 0.1) is 0 Å². The molecule has 1 aromatic rings. The quantitative estimate of drug-likeness (QED) is 0.807. The van der Waals surface area contributed by atoms with E-state index in [9.17, 15) is 8.78 Å². The zero-order chi connectivity index (χ0) is 12.4. The Morgan fingerprint density at radius 3 is 2.41 bits per heavy atom. The number of likely N-dealkylation sites (tertiary alicyclic amines) is 1. The van der Waals surface area contributed by atoms with Gasteiger partial charge in [-0.05, 0) is 17.5 Å². The van der Waals surface area contributed by atoms with Crippen LogP contribution in [0.2, 0.25) is 0 Å². The van der Waals surface area contributed by atoms with E-state index in [0.29, 0.717) is 12.5 Å². The highest BCUT2D eigenvalue weighted by Gasteiger charge is 2.32. The van der Waals surface area contributed by atoms with Crippen molar-refractivity contribution < 1.29 is 8.78 Å². The predicted octanol–water partition coefficient (Wildman–Crippen LogP) is 2.70. The third-order valence-corrected chi connectivity index (χ3v) is 3.16. The van der Waals surface area contributed by atoms with Gasteiger partial charge >= 0.3 is 0 Å². The maximum Gasteiger partial charge on any atom is 0.145 e. The van der Waals surface area contributed by atoms with Gasteiger partial charge in [-0.3, -0.25) is 9.88 Å². The van der Waals surface area contributed by atoms with Crippen molar-refractivity contribution in [1.29, 1.82) is 0 Å². The van der Waals surface area contributed by atoms with E-state index >= 15 is 0 Å². The number of nitrogens with zero attached hydrogens (tertiary/aromatic N) is 2. The Bertz CT molecular complexity index is 354. The Kier molecular flexibility index (Phi) is 3.72. The van der Waals surface area contributed by atoms with Gasteiger partial charge in [-0.1, -0.05) is 19.9 Å². The molecule has 94 valence electrons. The summed E-state index contributed by atoms with van der Waals surface area (Å²) in [7, 11) is 0. The SMILES string of the molecule is CC(C)c1ccc(CN2CC(F)C(F)C2)nc1. The van der Waals surface area contributed by atoms with Crippen molar-refractivity contribution in [2.24, 2.45) is 0 Å². The highest BCUT2D eigenvalue weighted by atomic mass is 19.2. The minimum absolute atomic E-state index is 0.175. The van der Waals surface area contributed by atoms with Crippen LogP contribution in [-0.2, 0) is 6.54 Å². The molecule has 1 saturated heterocycles. The van der Waals surface area contributed by atoms with Crippen LogP contribution in [0.3, 0.4) is 0 Å². The van der Waals surface area contributed by atoms with Crippen molar-refractivity contribution in [1.82, 2.24) is 9.88 Å². The second-order valence-electron chi connectivity index (χ2n) is 4.96. The summed E-state index contributed by atoms with van der Waals surface area (Å²) in [6, 6.07) is 3.97. The summed E-state index contributed by atoms with van der Waals surface area (Å²) in [6.45, 7) is 5.10. The minimum Gasteiger partial charge on any atom is -0.292 e. The first kappa shape index (κ1) is 12.4. The lowest BCUT2D eigenvalue weighted by molar-refractivity contribution is 0.217. The maximum atomic E-state index is 13.0. The molecule has 4 heteroatoms. The lowest BCUT2D eigenvalue weighted by Crippen LogP contribution is -2.21. The van der Waals surface area contributed by atoms with Crippen LogP contribution in [0.4, 0.5) is 8.78 Å². The fraction of sp³-hybridized carbons (Fsp3) is 0.615. The molecule has 2 unspecified atom stereocenters. The molecule has 0 saturated carbocycles. The van der Waals surface area contributed by atoms with Gasteiger partial charge in [0.15, 0.2) is 0 Å². The minimum atomic E-state index is -1.34. The van der Waals surface area contributed by atoms with Crippen molar-refractivity contribution in [2.45, 2.75) is 38.7 Å². The first-order valence-electron chi connectivity index (χ1n) is 6.01. The molecule has 0 bridgehead atoms. The summed E-state index contributed by atoms with van der Waals surface area (Å²) in [5.74, 6) is 0.453. The zero-order valence-corrected chi connectivity index (χ0v) is 10.2. The summed E-state index contributed by atoms with van der Waals surface area (Å²) in [5.41, 5.74) is 2.05. The summed E-state index contributed by atoms with van der Waals surface area (Å²) in [4.78, 5) is 6.10. The van der Waals surface area contributed by atoms with Crippen LogP contribution in [-0.4, -0.2) is 35.3 Å². The van der Waals surface area contributed by atoms with E-state index in [1.807, 2.05) is 18.3 Å². The lowest BCUT2D eigenvalue weighted by Gasteiger charge is -2.14. The molecule has 17 heavy (non-hydrogen) atoms. The van der Waals surface area contributed by atoms with E-state index < -0.39 is 12.3 Å². The van der Waals surface area contributed by atoms with Crippen molar-refractivity contribution >= 4 is 0 Å². The highest BCUT2D eigenvalue weighted by molar-refractivity contribution is 5.17. The second kappa shape index (κ2) is 5.08. The molecule has 0 N–H and O–H groups in total. The monoisotopic (exact) mass is 240 g/mol. The number of aromatic nitrogens is 1. The van der Waals surface area contributed by atoms with Gasteiger partial charge in [-0.25, -0.2) is 8.78 Å². The number of halogens is 2. The summed E-state index contributed by atoms with van der Waals surface area (Å²) in [6.07, 6.45) is -0.842. The Morgan fingerprint density at radius 2 is 1.94 bits per heavy atom. The van der Waals surface area contributed by atoms with Crippen LogP contribution in [0.5, 0.6) is 0 Å². The number of alkyl halides is 2. The Morgan fingerprint density at radius 1 is 1.29 bits per heavy atom. The fourth-order valence-electron chi connectivity index (χ4n) is 2.03. The van der Waals surface area contributed by atoms with Gasteiger partial charge < -0.3 is 0 Å². The molecular formula is C13H18F2N2. The third kappa shape index (κ3) is 3.00. The molecule has 1 aliphatic heterocycles. The molecular weight excluding hydrogens is 222 g/mol. The van der Waals surface area contributed by atoms with E-state index in [0.717, 1.165) is 5.69 Å². The summed E-state index contributed by atoms with van der Waals surface area (Å²) < 4.78 is 26.0. The van der Waals surface area contributed by atoms with Crippen LogP contribution >= 0.6 is 0 Å². The summed E-state index contributed by atoms with van der Waals surface area (Å²) in [5, 5.41) is 0. The van der Waals surface area contributed by atoms with Gasteiger partial charge in [0.2, 0.25) is 0 Å². The Hall–Kier alpha value is -1.03. The van der Waals surface area contributed by atoms with Gasteiger partial charge in [-0.2, -0.15) is 0 Å². The van der Waals surface area contributed by atoms with Gasteiger partial charge in [0.05, 0.1) is 5.69 Å². The number of hydrogen-bond acceptors (Lipinski definition) is 2. The van der Waals surface area contributed by atoms with Crippen molar-refractivity contribution in [3.8, 4) is 0 Å². The lowest BCUT2D eigenvalue weighted by atomic mass is 10.1. The van der Waals surface area contributed by atoms with Gasteiger partial charge in [0, 0.05) is 25.8 Å². The molecule has 1 aliphatic rings. The number of pyridine rings is 1. The molecule has 2 rings (SSSR count). The van der Waals surface area contributed by atoms with Crippen LogP contribution in [0.25, 0.3) is 0 Å². The van der Waals surface area contributed by atoms with E-state index in [2.05, 4.69) is 18.8 Å². The highest BCUT2D eigenvalue weighted by Crippen LogP contribution is 2.19.